The van der Waals surface area contributed by atoms with Crippen LogP contribution >= 0.6 is 0 Å². The summed E-state index contributed by atoms with van der Waals surface area (Å²) >= 11 is 0. The number of amides is 1. The first-order valence-corrected chi connectivity index (χ1v) is 7.08. The fourth-order valence-electron chi connectivity index (χ4n) is 2.52. The Hall–Kier alpha value is -1.43. The third kappa shape index (κ3) is 3.53. The van der Waals surface area contributed by atoms with Crippen LogP contribution in [0.3, 0.4) is 0 Å². The molecule has 2 unspecified atom stereocenters. The molecule has 1 aliphatic rings. The van der Waals surface area contributed by atoms with Gasteiger partial charge in [0.05, 0.1) is 0 Å². The van der Waals surface area contributed by atoms with Gasteiger partial charge in [0.25, 0.3) is 0 Å². The summed E-state index contributed by atoms with van der Waals surface area (Å²) in [5.74, 6) is 0.111. The molecule has 6 heteroatoms. The molecule has 1 saturated heterocycles. The molecule has 106 valence electrons. The van der Waals surface area contributed by atoms with Gasteiger partial charge in [-0.2, -0.15) is 5.10 Å². The lowest BCUT2D eigenvalue weighted by Gasteiger charge is -2.31. The average molecular weight is 265 g/mol. The summed E-state index contributed by atoms with van der Waals surface area (Å²) in [6, 6.07) is 0.145. The summed E-state index contributed by atoms with van der Waals surface area (Å²) < 4.78 is 1.61. The lowest BCUT2D eigenvalue weighted by Crippen LogP contribution is -2.47. The van der Waals surface area contributed by atoms with Crippen molar-refractivity contribution in [1.82, 2.24) is 25.0 Å². The first kappa shape index (κ1) is 14.0. The largest absolute Gasteiger partial charge is 0.340 e. The van der Waals surface area contributed by atoms with Crippen molar-refractivity contribution in [3.05, 3.63) is 12.7 Å². The van der Waals surface area contributed by atoms with E-state index in [2.05, 4.69) is 15.4 Å². The van der Waals surface area contributed by atoms with Crippen LogP contribution in [0.15, 0.2) is 12.7 Å². The molecule has 1 aromatic heterocycles. The molecule has 1 fully saturated rings. The van der Waals surface area contributed by atoms with Crippen molar-refractivity contribution < 1.29 is 4.79 Å². The van der Waals surface area contributed by atoms with Crippen LogP contribution < -0.4 is 5.32 Å². The Labute approximate surface area is 114 Å². The Kier molecular flexibility index (Phi) is 4.90. The zero-order valence-electron chi connectivity index (χ0n) is 11.7. The number of nitrogens with one attached hydrogen (secondary N) is 1. The number of aromatic nitrogens is 3. The van der Waals surface area contributed by atoms with Crippen LogP contribution in [0.25, 0.3) is 0 Å². The third-order valence-electron chi connectivity index (χ3n) is 3.74. The highest BCUT2D eigenvalue weighted by Crippen LogP contribution is 2.12. The van der Waals surface area contributed by atoms with Crippen molar-refractivity contribution >= 4 is 5.91 Å². The summed E-state index contributed by atoms with van der Waals surface area (Å²) in [5, 5.41) is 7.53. The van der Waals surface area contributed by atoms with E-state index in [0.717, 1.165) is 26.1 Å². The fourth-order valence-corrected chi connectivity index (χ4v) is 2.52. The van der Waals surface area contributed by atoms with Crippen LogP contribution in [0.2, 0.25) is 0 Å². The van der Waals surface area contributed by atoms with E-state index in [-0.39, 0.29) is 11.9 Å². The standard InChI is InChI=1S/C13H23N5O/c1-3-17(8-12-6-4-5-7-15-12)13(19)11(2)18-10-14-9-16-18/h9-12,15H,3-8H2,1-2H3. The Morgan fingerprint density at radius 1 is 1.58 bits per heavy atom. The lowest BCUT2D eigenvalue weighted by atomic mass is 10.0. The summed E-state index contributed by atoms with van der Waals surface area (Å²) in [7, 11) is 0. The summed E-state index contributed by atoms with van der Waals surface area (Å²) in [6.07, 6.45) is 6.70. The fraction of sp³-hybridized carbons (Fsp3) is 0.769. The molecular weight excluding hydrogens is 242 g/mol. The second kappa shape index (κ2) is 6.65. The van der Waals surface area contributed by atoms with Crippen LogP contribution in [0.5, 0.6) is 0 Å². The summed E-state index contributed by atoms with van der Waals surface area (Å²) in [5.41, 5.74) is 0. The van der Waals surface area contributed by atoms with Crippen molar-refractivity contribution in [2.24, 2.45) is 0 Å². The van der Waals surface area contributed by atoms with Crippen LogP contribution in [-0.2, 0) is 4.79 Å². The maximum Gasteiger partial charge on any atom is 0.247 e. The van der Waals surface area contributed by atoms with Crippen molar-refractivity contribution in [3.8, 4) is 0 Å². The lowest BCUT2D eigenvalue weighted by molar-refractivity contribution is -0.134. The number of nitrogens with zero attached hydrogens (tertiary/aromatic N) is 4. The molecule has 2 rings (SSSR count). The van der Waals surface area contributed by atoms with E-state index in [1.54, 1.807) is 11.0 Å². The smallest absolute Gasteiger partial charge is 0.247 e. The minimum atomic E-state index is -0.286. The monoisotopic (exact) mass is 265 g/mol. The van der Waals surface area contributed by atoms with E-state index in [9.17, 15) is 4.79 Å². The summed E-state index contributed by atoms with van der Waals surface area (Å²) in [4.78, 5) is 18.3. The van der Waals surface area contributed by atoms with Crippen molar-refractivity contribution in [1.29, 1.82) is 0 Å². The van der Waals surface area contributed by atoms with Gasteiger partial charge >= 0.3 is 0 Å². The molecule has 2 atom stereocenters. The first-order valence-electron chi connectivity index (χ1n) is 7.08. The second-order valence-corrected chi connectivity index (χ2v) is 5.08. The van der Waals surface area contributed by atoms with Crippen LogP contribution in [0.4, 0.5) is 0 Å². The number of carbonyl (C=O) groups is 1. The molecule has 0 radical (unpaired) electrons. The molecule has 0 bridgehead atoms. The molecule has 1 aliphatic heterocycles. The topological polar surface area (TPSA) is 63.1 Å². The molecule has 0 spiro atoms. The highest BCUT2D eigenvalue weighted by atomic mass is 16.2. The molecule has 1 N–H and O–H groups in total. The molecule has 0 aromatic carbocycles. The molecule has 0 aliphatic carbocycles. The second-order valence-electron chi connectivity index (χ2n) is 5.08. The zero-order chi connectivity index (χ0) is 13.7. The summed E-state index contributed by atoms with van der Waals surface area (Å²) in [6.45, 7) is 6.47. The molecule has 6 nitrogen and oxygen atoms in total. The van der Waals surface area contributed by atoms with E-state index < -0.39 is 0 Å². The quantitative estimate of drug-likeness (QED) is 0.856. The first-order chi connectivity index (χ1) is 9.22. The van der Waals surface area contributed by atoms with Gasteiger partial charge in [-0.05, 0) is 33.2 Å². The van der Waals surface area contributed by atoms with E-state index >= 15 is 0 Å². The number of piperidine rings is 1. The molecule has 0 saturated carbocycles. The van der Waals surface area contributed by atoms with E-state index in [1.807, 2.05) is 18.7 Å². The predicted octanol–water partition coefficient (Wildman–Crippen LogP) is 0.830. The normalized spacial score (nSPS) is 21.1. The maximum absolute atomic E-state index is 12.5. The number of hydrogen-bond donors (Lipinski definition) is 1. The average Bonchev–Trinajstić information content (AvgIpc) is 2.98. The minimum Gasteiger partial charge on any atom is -0.340 e. The van der Waals surface area contributed by atoms with Gasteiger partial charge in [-0.3, -0.25) is 4.79 Å². The highest BCUT2D eigenvalue weighted by Gasteiger charge is 2.24. The van der Waals surface area contributed by atoms with Gasteiger partial charge in [0.1, 0.15) is 18.7 Å². The molecular formula is C13H23N5O. The van der Waals surface area contributed by atoms with E-state index in [0.29, 0.717) is 6.04 Å². The predicted molar refractivity (Wildman–Crippen MR) is 72.6 cm³/mol. The molecule has 1 amide bonds. The molecule has 2 heterocycles. The van der Waals surface area contributed by atoms with Crippen molar-refractivity contribution in [2.75, 3.05) is 19.6 Å². The van der Waals surface area contributed by atoms with Crippen LogP contribution in [-0.4, -0.2) is 51.2 Å². The van der Waals surface area contributed by atoms with Crippen molar-refractivity contribution in [3.63, 3.8) is 0 Å². The van der Waals surface area contributed by atoms with Gasteiger partial charge in [0.2, 0.25) is 5.91 Å². The Morgan fingerprint density at radius 2 is 2.42 bits per heavy atom. The maximum atomic E-state index is 12.5. The van der Waals surface area contributed by atoms with Gasteiger partial charge in [-0.15, -0.1) is 0 Å². The zero-order valence-corrected chi connectivity index (χ0v) is 11.7. The number of likely N-dealkylation sites (N-methyl/N-ethyl adjacent to an activating group) is 1. The van der Waals surface area contributed by atoms with E-state index in [1.165, 1.54) is 19.2 Å². The van der Waals surface area contributed by atoms with E-state index in [4.69, 9.17) is 0 Å². The number of carbonyl (C=O) groups excluding carboxylic acids is 1. The Balaban J connectivity index is 1.94. The van der Waals surface area contributed by atoms with Gasteiger partial charge < -0.3 is 10.2 Å². The Bertz CT molecular complexity index is 386. The van der Waals surface area contributed by atoms with Gasteiger partial charge in [-0.1, -0.05) is 6.42 Å². The number of hydrogen-bond acceptors (Lipinski definition) is 4. The van der Waals surface area contributed by atoms with Crippen LogP contribution in [0, 0.1) is 0 Å². The molecule has 1 aromatic rings. The van der Waals surface area contributed by atoms with Gasteiger partial charge in [0, 0.05) is 19.1 Å². The van der Waals surface area contributed by atoms with Crippen molar-refractivity contribution in [2.45, 2.75) is 45.2 Å². The Morgan fingerprint density at radius 3 is 3.00 bits per heavy atom. The number of rotatable bonds is 5. The highest BCUT2D eigenvalue weighted by molar-refractivity contribution is 5.79. The molecule has 19 heavy (non-hydrogen) atoms. The van der Waals surface area contributed by atoms with Crippen LogP contribution in [0.1, 0.15) is 39.2 Å². The van der Waals surface area contributed by atoms with Gasteiger partial charge in [0.15, 0.2) is 0 Å². The minimum absolute atomic E-state index is 0.111. The van der Waals surface area contributed by atoms with Gasteiger partial charge in [-0.25, -0.2) is 9.67 Å². The third-order valence-corrected chi connectivity index (χ3v) is 3.74. The SMILES string of the molecule is CCN(CC1CCCCN1)C(=O)C(C)n1cncn1.